The van der Waals surface area contributed by atoms with Gasteiger partial charge in [-0.25, -0.2) is 9.37 Å². The van der Waals surface area contributed by atoms with Gasteiger partial charge in [0.05, 0.1) is 43.5 Å². The van der Waals surface area contributed by atoms with Crippen molar-refractivity contribution in [2.24, 2.45) is 0 Å². The van der Waals surface area contributed by atoms with E-state index in [0.29, 0.717) is 33.5 Å². The summed E-state index contributed by atoms with van der Waals surface area (Å²) in [6.07, 6.45) is 0. The molecule has 0 saturated heterocycles. The fourth-order valence-electron chi connectivity index (χ4n) is 4.70. The summed E-state index contributed by atoms with van der Waals surface area (Å²) < 4.78 is 32.0. The topological polar surface area (TPSA) is 90.0 Å². The first-order valence-electron chi connectivity index (χ1n) is 11.4. The predicted molar refractivity (Wildman–Crippen MR) is 138 cm³/mol. The summed E-state index contributed by atoms with van der Waals surface area (Å²) >= 11 is 1.29. The fraction of sp³-hybridized carbons (Fsp3) is 0.222. The van der Waals surface area contributed by atoms with Gasteiger partial charge in [0.2, 0.25) is 5.91 Å². The Labute approximate surface area is 216 Å². The number of fused-ring (bicyclic) bond motifs is 2. The molecule has 5 rings (SSSR count). The molecule has 0 fully saturated rings. The molecule has 0 aliphatic carbocycles. The Kier molecular flexibility index (Phi) is 6.43. The first kappa shape index (κ1) is 24.5. The molecular weight excluding hydrogens is 497 g/mol. The van der Waals surface area contributed by atoms with Crippen LogP contribution in [0.3, 0.4) is 0 Å². The molecule has 2 unspecified atom stereocenters. The van der Waals surface area contributed by atoms with E-state index in [-0.39, 0.29) is 17.0 Å². The Morgan fingerprint density at radius 1 is 1.00 bits per heavy atom. The molecule has 1 aliphatic rings. The number of aromatic nitrogens is 1. The van der Waals surface area contributed by atoms with E-state index in [4.69, 9.17) is 14.2 Å². The molecule has 1 aromatic heterocycles. The number of thiazole rings is 1. The van der Waals surface area contributed by atoms with Crippen molar-refractivity contribution in [3.63, 3.8) is 0 Å². The normalized spacial score (nSPS) is 16.9. The van der Waals surface area contributed by atoms with Crippen LogP contribution in [0.1, 0.15) is 33.4 Å². The predicted octanol–water partition coefficient (Wildman–Crippen LogP) is 5.01. The highest BCUT2D eigenvalue weighted by molar-refractivity contribution is 7.22. The Hall–Kier alpha value is -4.18. The summed E-state index contributed by atoms with van der Waals surface area (Å²) in [5, 5.41) is 3.27. The van der Waals surface area contributed by atoms with Gasteiger partial charge in [-0.3, -0.25) is 9.59 Å². The van der Waals surface area contributed by atoms with Crippen LogP contribution in [0.5, 0.6) is 17.2 Å². The zero-order valence-corrected chi connectivity index (χ0v) is 21.4. The van der Waals surface area contributed by atoms with E-state index in [0.717, 1.165) is 4.70 Å². The molecule has 0 radical (unpaired) electrons. The molecular formula is C27H24FN3O5S. The first-order valence-corrected chi connectivity index (χ1v) is 12.2. The monoisotopic (exact) mass is 521 g/mol. The van der Waals surface area contributed by atoms with Gasteiger partial charge in [0, 0.05) is 18.2 Å². The number of benzene rings is 3. The van der Waals surface area contributed by atoms with Crippen LogP contribution in [0.25, 0.3) is 10.2 Å². The molecule has 0 bridgehead atoms. The number of amides is 2. The summed E-state index contributed by atoms with van der Waals surface area (Å²) in [5.41, 5.74) is 1.62. The van der Waals surface area contributed by atoms with E-state index in [1.165, 1.54) is 36.5 Å². The summed E-state index contributed by atoms with van der Waals surface area (Å²) in [4.78, 5) is 33.3. The van der Waals surface area contributed by atoms with E-state index in [1.807, 2.05) is 12.1 Å². The van der Waals surface area contributed by atoms with Crippen LogP contribution in [0.4, 0.5) is 9.52 Å². The maximum absolute atomic E-state index is 15.1. The molecule has 2 heterocycles. The minimum absolute atomic E-state index is 0.230. The van der Waals surface area contributed by atoms with Crippen molar-refractivity contribution < 1.29 is 28.2 Å². The van der Waals surface area contributed by atoms with E-state index < -0.39 is 23.7 Å². The van der Waals surface area contributed by atoms with Crippen molar-refractivity contribution in [3.05, 3.63) is 77.1 Å². The van der Waals surface area contributed by atoms with Crippen LogP contribution in [0.15, 0.2) is 54.6 Å². The van der Waals surface area contributed by atoms with Crippen LogP contribution in [-0.4, -0.2) is 50.1 Å². The van der Waals surface area contributed by atoms with Crippen molar-refractivity contribution >= 4 is 38.5 Å². The molecule has 190 valence electrons. The number of anilines is 1. The Morgan fingerprint density at radius 2 is 1.73 bits per heavy atom. The largest absolute Gasteiger partial charge is 0.497 e. The highest BCUT2D eigenvalue weighted by atomic mass is 32.1. The standard InChI is InChI=1S/C27H24FN3O5S/c1-31-24(15-7-5-6-8-18(15)28)23(16-12-20(35-3)21(36-4)13-17(16)26(31)33)25(32)30-27-29-19-10-9-14(34-2)11-22(19)37-27/h5-13,23-24H,1-4H3,(H,29,30,32). The molecule has 2 atom stereocenters. The van der Waals surface area contributed by atoms with E-state index in [1.54, 1.807) is 50.6 Å². The number of methoxy groups -OCH3 is 3. The number of ether oxygens (including phenoxy) is 3. The van der Waals surface area contributed by atoms with Gasteiger partial charge < -0.3 is 24.4 Å². The average Bonchev–Trinajstić information content (AvgIpc) is 3.31. The number of nitrogens with one attached hydrogen (secondary N) is 1. The summed E-state index contributed by atoms with van der Waals surface area (Å²) in [5.74, 6) is -0.886. The smallest absolute Gasteiger partial charge is 0.254 e. The molecule has 37 heavy (non-hydrogen) atoms. The molecule has 3 aromatic carbocycles. The number of hydrogen-bond acceptors (Lipinski definition) is 7. The second-order valence-electron chi connectivity index (χ2n) is 8.50. The molecule has 0 saturated carbocycles. The molecule has 1 aliphatic heterocycles. The van der Waals surface area contributed by atoms with Gasteiger partial charge in [-0.1, -0.05) is 29.5 Å². The van der Waals surface area contributed by atoms with Crippen molar-refractivity contribution in [3.8, 4) is 17.2 Å². The van der Waals surface area contributed by atoms with E-state index in [2.05, 4.69) is 10.3 Å². The van der Waals surface area contributed by atoms with E-state index >= 15 is 4.39 Å². The Bertz CT molecular complexity index is 1520. The maximum Gasteiger partial charge on any atom is 0.254 e. The van der Waals surface area contributed by atoms with Gasteiger partial charge in [-0.15, -0.1) is 0 Å². The lowest BCUT2D eigenvalue weighted by atomic mass is 9.79. The SMILES string of the molecule is COc1ccc2nc(NC(=O)C3c4cc(OC)c(OC)cc4C(=O)N(C)C3c3ccccc3F)sc2c1. The molecule has 4 aromatic rings. The van der Waals surface area contributed by atoms with Crippen LogP contribution < -0.4 is 19.5 Å². The highest BCUT2D eigenvalue weighted by Gasteiger charge is 2.44. The number of rotatable bonds is 6. The van der Waals surface area contributed by atoms with Gasteiger partial charge in [0.1, 0.15) is 11.6 Å². The van der Waals surface area contributed by atoms with E-state index in [9.17, 15) is 9.59 Å². The number of carbonyl (C=O) groups is 2. The second-order valence-corrected chi connectivity index (χ2v) is 9.53. The molecule has 10 heteroatoms. The minimum Gasteiger partial charge on any atom is -0.497 e. The van der Waals surface area contributed by atoms with Crippen molar-refractivity contribution in [1.82, 2.24) is 9.88 Å². The Morgan fingerprint density at radius 3 is 2.43 bits per heavy atom. The Balaban J connectivity index is 1.64. The molecule has 8 nitrogen and oxygen atoms in total. The number of halogens is 1. The number of likely N-dealkylation sites (N-methyl/N-ethyl adjacent to an activating group) is 1. The number of carbonyl (C=O) groups excluding carboxylic acids is 2. The third kappa shape index (κ3) is 4.23. The maximum atomic E-state index is 15.1. The van der Waals surface area contributed by atoms with Gasteiger partial charge in [-0.2, -0.15) is 0 Å². The highest BCUT2D eigenvalue weighted by Crippen LogP contribution is 2.46. The lowest BCUT2D eigenvalue weighted by Gasteiger charge is -2.40. The first-order chi connectivity index (χ1) is 17.9. The van der Waals surface area contributed by atoms with Crippen LogP contribution >= 0.6 is 11.3 Å². The van der Waals surface area contributed by atoms with Gasteiger partial charge in [0.15, 0.2) is 16.6 Å². The average molecular weight is 522 g/mol. The van der Waals surface area contributed by atoms with Crippen molar-refractivity contribution in [2.45, 2.75) is 12.0 Å². The van der Waals surface area contributed by atoms with Gasteiger partial charge >= 0.3 is 0 Å². The summed E-state index contributed by atoms with van der Waals surface area (Å²) in [7, 11) is 6.08. The molecule has 2 amide bonds. The van der Waals surface area contributed by atoms with Crippen molar-refractivity contribution in [2.75, 3.05) is 33.7 Å². The quantitative estimate of drug-likeness (QED) is 0.384. The van der Waals surface area contributed by atoms with Crippen LogP contribution in [0, 0.1) is 5.82 Å². The molecule has 1 N–H and O–H groups in total. The lowest BCUT2D eigenvalue weighted by molar-refractivity contribution is -0.119. The fourth-order valence-corrected chi connectivity index (χ4v) is 5.60. The summed E-state index contributed by atoms with van der Waals surface area (Å²) in [6.45, 7) is 0. The third-order valence-electron chi connectivity index (χ3n) is 6.51. The second kappa shape index (κ2) is 9.70. The number of hydrogen-bond donors (Lipinski definition) is 1. The van der Waals surface area contributed by atoms with Crippen LogP contribution in [-0.2, 0) is 4.79 Å². The van der Waals surface area contributed by atoms with Gasteiger partial charge in [0.25, 0.3) is 5.91 Å². The van der Waals surface area contributed by atoms with Gasteiger partial charge in [-0.05, 0) is 42.0 Å². The zero-order chi connectivity index (χ0) is 26.3. The number of nitrogens with zero attached hydrogens (tertiary/aromatic N) is 2. The third-order valence-corrected chi connectivity index (χ3v) is 7.44. The van der Waals surface area contributed by atoms with Crippen molar-refractivity contribution in [1.29, 1.82) is 0 Å². The lowest BCUT2D eigenvalue weighted by Crippen LogP contribution is -2.44. The van der Waals surface area contributed by atoms with Crippen LogP contribution in [0.2, 0.25) is 0 Å². The molecule has 0 spiro atoms. The minimum atomic E-state index is -0.962. The zero-order valence-electron chi connectivity index (χ0n) is 20.6. The summed E-state index contributed by atoms with van der Waals surface area (Å²) in [6, 6.07) is 13.8.